The second-order valence-corrected chi connectivity index (χ2v) is 11.5. The monoisotopic (exact) mass is 525 g/mol. The standard InChI is InChI=1S/C21H24ClN5O5S2/c22-18-7-6-15(33-18)8-13-34(31,32)24-16-4-1-10-25(21(16)29)14-19(28)26-11-2-5-17(26)20-23-9-3-12-27(20)30/h3,6-9,12-13,16-17,24H,1-2,4-5,10-11,14H2/b13-8+/t16-,17-/m0/s1. The Kier molecular flexibility index (Phi) is 7.51. The molecule has 34 heavy (non-hydrogen) atoms. The molecule has 2 aromatic rings. The molecule has 10 nitrogen and oxygen atoms in total. The Bertz CT molecular complexity index is 1200. The molecule has 4 rings (SSSR count). The lowest BCUT2D eigenvalue weighted by atomic mass is 10.1. The van der Waals surface area contributed by atoms with Crippen LogP contribution >= 0.6 is 22.9 Å². The first-order chi connectivity index (χ1) is 16.2. The van der Waals surface area contributed by atoms with E-state index >= 15 is 0 Å². The normalized spacial score (nSPS) is 21.5. The zero-order valence-corrected chi connectivity index (χ0v) is 20.6. The van der Waals surface area contributed by atoms with Crippen LogP contribution in [0, 0.1) is 5.21 Å². The van der Waals surface area contributed by atoms with Crippen molar-refractivity contribution in [2.75, 3.05) is 19.6 Å². The maximum atomic E-state index is 13.0. The molecule has 2 aromatic heterocycles. The molecule has 2 atom stereocenters. The molecule has 13 heteroatoms. The van der Waals surface area contributed by atoms with E-state index in [4.69, 9.17) is 11.6 Å². The summed E-state index contributed by atoms with van der Waals surface area (Å²) in [6.45, 7) is 0.647. The van der Waals surface area contributed by atoms with Crippen LogP contribution in [-0.2, 0) is 19.6 Å². The van der Waals surface area contributed by atoms with Gasteiger partial charge in [0.15, 0.2) is 0 Å². The van der Waals surface area contributed by atoms with Gasteiger partial charge in [0.25, 0.3) is 0 Å². The third-order valence-corrected chi connectivity index (χ3v) is 8.08. The third kappa shape index (κ3) is 5.74. The number of halogens is 1. The van der Waals surface area contributed by atoms with E-state index in [9.17, 15) is 23.2 Å². The number of thiophene rings is 1. The summed E-state index contributed by atoms with van der Waals surface area (Å²) in [6.07, 6.45) is 6.51. The Morgan fingerprint density at radius 1 is 1.32 bits per heavy atom. The van der Waals surface area contributed by atoms with Crippen LogP contribution in [0.15, 0.2) is 36.0 Å². The number of hydrogen-bond donors (Lipinski definition) is 1. The molecule has 0 bridgehead atoms. The molecule has 0 saturated carbocycles. The number of sulfonamides is 1. The van der Waals surface area contributed by atoms with Gasteiger partial charge in [-0.2, -0.15) is 4.72 Å². The van der Waals surface area contributed by atoms with Gasteiger partial charge in [-0.1, -0.05) is 16.6 Å². The van der Waals surface area contributed by atoms with Gasteiger partial charge in [0.05, 0.1) is 17.1 Å². The summed E-state index contributed by atoms with van der Waals surface area (Å²) >= 11 is 7.10. The number of likely N-dealkylation sites (tertiary alicyclic amines) is 2. The highest BCUT2D eigenvalue weighted by Gasteiger charge is 2.38. The van der Waals surface area contributed by atoms with Crippen LogP contribution in [0.5, 0.6) is 0 Å². The highest BCUT2D eigenvalue weighted by atomic mass is 35.5. The van der Waals surface area contributed by atoms with Crippen LogP contribution in [0.25, 0.3) is 6.08 Å². The molecular weight excluding hydrogens is 502 g/mol. The molecule has 0 spiro atoms. The average Bonchev–Trinajstić information content (AvgIpc) is 3.44. The fourth-order valence-corrected chi connectivity index (χ4v) is 6.28. The van der Waals surface area contributed by atoms with Crippen molar-refractivity contribution < 1.29 is 22.7 Å². The van der Waals surface area contributed by atoms with Gasteiger partial charge < -0.3 is 15.0 Å². The summed E-state index contributed by atoms with van der Waals surface area (Å²) < 4.78 is 28.6. The summed E-state index contributed by atoms with van der Waals surface area (Å²) in [7, 11) is -3.88. The summed E-state index contributed by atoms with van der Waals surface area (Å²) in [5.74, 6) is -0.481. The molecule has 0 aliphatic carbocycles. The first-order valence-corrected chi connectivity index (χ1v) is 13.6. The lowest BCUT2D eigenvalue weighted by Crippen LogP contribution is -2.54. The zero-order chi connectivity index (χ0) is 24.3. The molecule has 0 aromatic carbocycles. The van der Waals surface area contributed by atoms with Crippen LogP contribution < -0.4 is 9.45 Å². The minimum atomic E-state index is -3.88. The number of nitrogens with zero attached hydrogens (tertiary/aromatic N) is 4. The molecule has 2 aliphatic heterocycles. The van der Waals surface area contributed by atoms with Crippen molar-refractivity contribution in [2.24, 2.45) is 0 Å². The Labute approximate surface area is 206 Å². The van der Waals surface area contributed by atoms with Crippen molar-refractivity contribution in [2.45, 2.75) is 37.8 Å². The van der Waals surface area contributed by atoms with Gasteiger partial charge in [-0.05, 0) is 43.9 Å². The number of nitrogens with one attached hydrogen (secondary N) is 1. The fourth-order valence-electron chi connectivity index (χ4n) is 4.21. The predicted molar refractivity (Wildman–Crippen MR) is 127 cm³/mol. The molecule has 0 radical (unpaired) electrons. The van der Waals surface area contributed by atoms with E-state index < -0.39 is 28.0 Å². The van der Waals surface area contributed by atoms with Gasteiger partial charge in [0.2, 0.25) is 21.8 Å². The third-order valence-electron chi connectivity index (χ3n) is 5.78. The number of carbonyl (C=O) groups is 2. The Hall–Kier alpha value is -2.54. The number of hydrogen-bond acceptors (Lipinski definition) is 7. The lowest BCUT2D eigenvalue weighted by molar-refractivity contribution is -0.620. The molecule has 1 N–H and O–H groups in total. The summed E-state index contributed by atoms with van der Waals surface area (Å²) in [5.41, 5.74) is 0. The van der Waals surface area contributed by atoms with E-state index in [-0.39, 0.29) is 18.3 Å². The maximum Gasteiger partial charge on any atom is 0.323 e. The molecule has 2 saturated heterocycles. The zero-order valence-electron chi connectivity index (χ0n) is 18.2. The highest BCUT2D eigenvalue weighted by Crippen LogP contribution is 2.29. The predicted octanol–water partition coefficient (Wildman–Crippen LogP) is 1.67. The van der Waals surface area contributed by atoms with Crippen LogP contribution in [0.3, 0.4) is 0 Å². The highest BCUT2D eigenvalue weighted by molar-refractivity contribution is 7.92. The first-order valence-electron chi connectivity index (χ1n) is 10.8. The largest absolute Gasteiger partial charge is 0.711 e. The number of rotatable bonds is 7. The fraction of sp³-hybridized carbons (Fsp3) is 0.429. The van der Waals surface area contributed by atoms with Gasteiger partial charge in [0.1, 0.15) is 18.3 Å². The van der Waals surface area contributed by atoms with Crippen molar-refractivity contribution in [3.05, 3.63) is 56.2 Å². The number of carbonyl (C=O) groups excluding carboxylic acids is 2. The molecular formula is C21H24ClN5O5S2. The average molecular weight is 526 g/mol. The van der Waals surface area contributed by atoms with Crippen LogP contribution in [0.4, 0.5) is 0 Å². The van der Waals surface area contributed by atoms with E-state index in [1.807, 2.05) is 0 Å². The van der Waals surface area contributed by atoms with Crippen LogP contribution in [-0.4, -0.2) is 60.7 Å². The van der Waals surface area contributed by atoms with E-state index in [2.05, 4.69) is 9.71 Å². The summed E-state index contributed by atoms with van der Waals surface area (Å²) in [5, 5.41) is 13.1. The van der Waals surface area contributed by atoms with Crippen LogP contribution in [0.2, 0.25) is 4.34 Å². The van der Waals surface area contributed by atoms with E-state index in [0.717, 1.165) is 11.8 Å². The lowest BCUT2D eigenvalue weighted by Gasteiger charge is -2.33. The smallest absolute Gasteiger partial charge is 0.323 e. The second kappa shape index (κ2) is 10.4. The van der Waals surface area contributed by atoms with Crippen molar-refractivity contribution in [3.63, 3.8) is 0 Å². The van der Waals surface area contributed by atoms with E-state index in [1.54, 1.807) is 17.0 Å². The second-order valence-electron chi connectivity index (χ2n) is 8.11. The summed E-state index contributed by atoms with van der Waals surface area (Å²) in [6, 6.07) is 3.49. The molecule has 2 fully saturated rings. The summed E-state index contributed by atoms with van der Waals surface area (Å²) in [4.78, 5) is 33.8. The molecule has 2 aliphatic rings. The van der Waals surface area contributed by atoms with Gasteiger partial charge in [-0.15, -0.1) is 11.3 Å². The Balaban J connectivity index is 1.39. The van der Waals surface area contributed by atoms with Gasteiger partial charge in [-0.25, -0.2) is 13.1 Å². The van der Waals surface area contributed by atoms with Gasteiger partial charge >= 0.3 is 5.82 Å². The number of amides is 2. The van der Waals surface area contributed by atoms with Gasteiger partial charge in [-0.3, -0.25) is 9.59 Å². The maximum absolute atomic E-state index is 13.0. The minimum absolute atomic E-state index is 0.178. The van der Waals surface area contributed by atoms with E-state index in [1.165, 1.54) is 40.8 Å². The van der Waals surface area contributed by atoms with Gasteiger partial charge in [0, 0.05) is 29.4 Å². The quantitative estimate of drug-likeness (QED) is 0.433. The van der Waals surface area contributed by atoms with E-state index in [0.29, 0.717) is 46.3 Å². The topological polar surface area (TPSA) is 127 Å². The van der Waals surface area contributed by atoms with Crippen molar-refractivity contribution in [1.29, 1.82) is 0 Å². The van der Waals surface area contributed by atoms with Crippen LogP contribution in [0.1, 0.15) is 42.4 Å². The molecule has 0 unspecified atom stereocenters. The molecule has 2 amide bonds. The number of aromatic nitrogens is 2. The first kappa shape index (κ1) is 24.6. The number of piperidine rings is 1. The Morgan fingerprint density at radius 3 is 2.85 bits per heavy atom. The van der Waals surface area contributed by atoms with Crippen molar-refractivity contribution in [1.82, 2.24) is 19.5 Å². The minimum Gasteiger partial charge on any atom is -0.711 e. The SMILES string of the molecule is O=C1[C@@H](NS(=O)(=O)/C=C/c2ccc(Cl)s2)CCCN1CC(=O)N1CCC[C@H]1c1nccc[n+]1[O-]. The van der Waals surface area contributed by atoms with Crippen molar-refractivity contribution >= 4 is 50.9 Å². The Morgan fingerprint density at radius 2 is 2.12 bits per heavy atom. The van der Waals surface area contributed by atoms with Crippen molar-refractivity contribution in [3.8, 4) is 0 Å². The molecule has 182 valence electrons. The molecule has 4 heterocycles.